The molecule has 0 radical (unpaired) electrons. The topological polar surface area (TPSA) is 35.3 Å². The molecular formula is C20H17NO2. The maximum atomic E-state index is 5.75. The van der Waals surface area contributed by atoms with E-state index in [9.17, 15) is 0 Å². The Morgan fingerprint density at radius 1 is 1.13 bits per heavy atom. The molecule has 0 aliphatic carbocycles. The molecule has 3 aromatic rings. The van der Waals surface area contributed by atoms with Gasteiger partial charge in [0.1, 0.15) is 11.5 Å². The molecule has 0 aliphatic rings. The van der Waals surface area contributed by atoms with E-state index >= 15 is 0 Å². The summed E-state index contributed by atoms with van der Waals surface area (Å²) in [5, 5.41) is 0. The highest BCUT2D eigenvalue weighted by molar-refractivity contribution is 5.53. The fourth-order valence-electron chi connectivity index (χ4n) is 2.31. The molecule has 0 amide bonds. The van der Waals surface area contributed by atoms with Crippen LogP contribution in [0, 0.1) is 19.3 Å². The number of benzene rings is 2. The van der Waals surface area contributed by atoms with Crippen molar-refractivity contribution in [2.75, 3.05) is 6.61 Å². The molecule has 3 rings (SSSR count). The van der Waals surface area contributed by atoms with Crippen LogP contribution < -0.4 is 4.74 Å². The standard InChI is InChI=1S/C20H17NO2/c1-3-16-8-7-11-18(14-16)22-13-12-19-15(2)23-20(21-19)17-9-5-4-6-10-17/h1,4-11,14H,12-13H2,2H3. The number of aryl methyl sites for hydroxylation is 1. The van der Waals surface area contributed by atoms with Crippen LogP contribution >= 0.6 is 0 Å². The van der Waals surface area contributed by atoms with Gasteiger partial charge in [-0.2, -0.15) is 0 Å². The fraction of sp³-hybridized carbons (Fsp3) is 0.150. The molecule has 0 saturated carbocycles. The van der Waals surface area contributed by atoms with Crippen LogP contribution in [0.15, 0.2) is 59.0 Å². The zero-order chi connectivity index (χ0) is 16.1. The van der Waals surface area contributed by atoms with Gasteiger partial charge in [-0.05, 0) is 37.3 Å². The van der Waals surface area contributed by atoms with Gasteiger partial charge in [-0.15, -0.1) is 6.42 Å². The SMILES string of the molecule is C#Cc1cccc(OCCc2nc(-c3ccccc3)oc2C)c1. The van der Waals surface area contributed by atoms with Crippen molar-refractivity contribution < 1.29 is 9.15 Å². The van der Waals surface area contributed by atoms with Gasteiger partial charge in [0.2, 0.25) is 5.89 Å². The van der Waals surface area contributed by atoms with Crippen molar-refractivity contribution in [3.63, 3.8) is 0 Å². The highest BCUT2D eigenvalue weighted by Gasteiger charge is 2.11. The van der Waals surface area contributed by atoms with Crippen molar-refractivity contribution >= 4 is 0 Å². The number of rotatable bonds is 5. The Bertz CT molecular complexity index is 828. The number of hydrogen-bond donors (Lipinski definition) is 0. The summed E-state index contributed by atoms with van der Waals surface area (Å²) in [6.45, 7) is 2.45. The van der Waals surface area contributed by atoms with Crippen LogP contribution in [-0.4, -0.2) is 11.6 Å². The molecule has 114 valence electrons. The quantitative estimate of drug-likeness (QED) is 0.661. The number of oxazole rings is 1. The van der Waals surface area contributed by atoms with Crippen molar-refractivity contribution in [2.45, 2.75) is 13.3 Å². The molecule has 3 heteroatoms. The maximum absolute atomic E-state index is 5.75. The minimum absolute atomic E-state index is 0.523. The molecule has 23 heavy (non-hydrogen) atoms. The van der Waals surface area contributed by atoms with Crippen molar-refractivity contribution in [2.24, 2.45) is 0 Å². The third kappa shape index (κ3) is 3.61. The summed E-state index contributed by atoms with van der Waals surface area (Å²) in [5.41, 5.74) is 2.70. The molecule has 1 heterocycles. The Morgan fingerprint density at radius 2 is 1.96 bits per heavy atom. The molecule has 0 fully saturated rings. The van der Waals surface area contributed by atoms with Crippen LogP contribution in [0.1, 0.15) is 17.0 Å². The van der Waals surface area contributed by atoms with Crippen LogP contribution in [0.5, 0.6) is 5.75 Å². The molecule has 0 N–H and O–H groups in total. The van der Waals surface area contributed by atoms with Gasteiger partial charge >= 0.3 is 0 Å². The van der Waals surface area contributed by atoms with E-state index in [4.69, 9.17) is 15.6 Å². The molecule has 0 spiro atoms. The average Bonchev–Trinajstić information content (AvgIpc) is 2.97. The maximum Gasteiger partial charge on any atom is 0.226 e. The van der Waals surface area contributed by atoms with E-state index in [0.717, 1.165) is 28.3 Å². The van der Waals surface area contributed by atoms with Gasteiger partial charge in [0.15, 0.2) is 0 Å². The van der Waals surface area contributed by atoms with Crippen LogP contribution in [-0.2, 0) is 6.42 Å². The van der Waals surface area contributed by atoms with Gasteiger partial charge in [0, 0.05) is 17.5 Å². The van der Waals surface area contributed by atoms with Crippen LogP contribution in [0.25, 0.3) is 11.5 Å². The Morgan fingerprint density at radius 3 is 2.74 bits per heavy atom. The number of terminal acetylenes is 1. The molecule has 0 unspecified atom stereocenters. The average molecular weight is 303 g/mol. The summed E-state index contributed by atoms with van der Waals surface area (Å²) >= 11 is 0. The largest absolute Gasteiger partial charge is 0.493 e. The number of hydrogen-bond acceptors (Lipinski definition) is 3. The molecular weight excluding hydrogens is 286 g/mol. The summed E-state index contributed by atoms with van der Waals surface area (Å²) in [5.74, 6) is 4.84. The second-order valence-corrected chi connectivity index (χ2v) is 5.16. The first-order valence-electron chi connectivity index (χ1n) is 7.47. The van der Waals surface area contributed by atoms with Gasteiger partial charge in [-0.1, -0.05) is 30.2 Å². The first-order valence-corrected chi connectivity index (χ1v) is 7.47. The zero-order valence-electron chi connectivity index (χ0n) is 13.0. The molecule has 0 bridgehead atoms. The van der Waals surface area contributed by atoms with E-state index < -0.39 is 0 Å². The van der Waals surface area contributed by atoms with Crippen LogP contribution in [0.2, 0.25) is 0 Å². The Kier molecular flexibility index (Phi) is 4.44. The van der Waals surface area contributed by atoms with E-state index in [1.807, 2.05) is 61.5 Å². The number of aromatic nitrogens is 1. The smallest absolute Gasteiger partial charge is 0.226 e. The van der Waals surface area contributed by atoms with Crippen molar-refractivity contribution in [1.29, 1.82) is 0 Å². The Labute approximate surface area is 135 Å². The molecule has 3 nitrogen and oxygen atoms in total. The summed E-state index contributed by atoms with van der Waals surface area (Å²) < 4.78 is 11.5. The molecule has 0 atom stereocenters. The molecule has 2 aromatic carbocycles. The third-order valence-electron chi connectivity index (χ3n) is 3.52. The summed E-state index contributed by atoms with van der Waals surface area (Å²) in [6.07, 6.45) is 6.07. The first kappa shape index (κ1) is 14.9. The predicted octanol–water partition coefficient (Wildman–Crippen LogP) is 4.25. The van der Waals surface area contributed by atoms with E-state index in [-0.39, 0.29) is 0 Å². The van der Waals surface area contributed by atoms with Gasteiger partial charge < -0.3 is 9.15 Å². The zero-order valence-corrected chi connectivity index (χ0v) is 13.0. The second-order valence-electron chi connectivity index (χ2n) is 5.16. The van der Waals surface area contributed by atoms with Crippen LogP contribution in [0.3, 0.4) is 0 Å². The third-order valence-corrected chi connectivity index (χ3v) is 3.52. The summed E-state index contributed by atoms with van der Waals surface area (Å²) in [6, 6.07) is 17.4. The fourth-order valence-corrected chi connectivity index (χ4v) is 2.31. The second kappa shape index (κ2) is 6.85. The molecule has 0 aliphatic heterocycles. The highest BCUT2D eigenvalue weighted by Crippen LogP contribution is 2.22. The Hall–Kier alpha value is -2.99. The monoisotopic (exact) mass is 303 g/mol. The lowest BCUT2D eigenvalue weighted by Crippen LogP contribution is -2.02. The Balaban J connectivity index is 1.65. The van der Waals surface area contributed by atoms with Crippen molar-refractivity contribution in [1.82, 2.24) is 4.98 Å². The minimum atomic E-state index is 0.523. The molecule has 1 aromatic heterocycles. The normalized spacial score (nSPS) is 10.3. The minimum Gasteiger partial charge on any atom is -0.493 e. The van der Waals surface area contributed by atoms with E-state index in [0.29, 0.717) is 18.9 Å². The van der Waals surface area contributed by atoms with Gasteiger partial charge in [0.05, 0.1) is 12.3 Å². The number of nitrogens with zero attached hydrogens (tertiary/aromatic N) is 1. The van der Waals surface area contributed by atoms with Crippen LogP contribution in [0.4, 0.5) is 0 Å². The van der Waals surface area contributed by atoms with E-state index in [1.54, 1.807) is 0 Å². The summed E-state index contributed by atoms with van der Waals surface area (Å²) in [4.78, 5) is 4.57. The number of ether oxygens (including phenoxy) is 1. The summed E-state index contributed by atoms with van der Waals surface area (Å²) in [7, 11) is 0. The van der Waals surface area contributed by atoms with Crippen molar-refractivity contribution in [3.8, 4) is 29.5 Å². The van der Waals surface area contributed by atoms with E-state index in [1.165, 1.54) is 0 Å². The van der Waals surface area contributed by atoms with Gasteiger partial charge in [-0.25, -0.2) is 4.98 Å². The van der Waals surface area contributed by atoms with Gasteiger partial charge in [-0.3, -0.25) is 0 Å². The lowest BCUT2D eigenvalue weighted by molar-refractivity contribution is 0.320. The van der Waals surface area contributed by atoms with Crippen molar-refractivity contribution in [3.05, 3.63) is 71.6 Å². The van der Waals surface area contributed by atoms with Gasteiger partial charge in [0.25, 0.3) is 0 Å². The lowest BCUT2D eigenvalue weighted by atomic mass is 10.2. The first-order chi connectivity index (χ1) is 11.3. The van der Waals surface area contributed by atoms with E-state index in [2.05, 4.69) is 10.9 Å². The molecule has 0 saturated heterocycles. The predicted molar refractivity (Wildman–Crippen MR) is 90.3 cm³/mol. The lowest BCUT2D eigenvalue weighted by Gasteiger charge is -2.05. The highest BCUT2D eigenvalue weighted by atomic mass is 16.5.